The summed E-state index contributed by atoms with van der Waals surface area (Å²) >= 11 is 0. The first-order chi connectivity index (χ1) is 15.6. The van der Waals surface area contributed by atoms with Gasteiger partial charge in [-0.2, -0.15) is 0 Å². The van der Waals surface area contributed by atoms with Gasteiger partial charge in [-0.3, -0.25) is 19.1 Å². The van der Waals surface area contributed by atoms with Gasteiger partial charge < -0.3 is 15.0 Å². The zero-order valence-electron chi connectivity index (χ0n) is 17.9. The summed E-state index contributed by atoms with van der Waals surface area (Å²) in [7, 11) is 1.59. The minimum Gasteiger partial charge on any atom is -0.383 e. The van der Waals surface area contributed by atoms with Crippen LogP contribution in [-0.2, 0) is 16.1 Å². The second-order valence-electron chi connectivity index (χ2n) is 7.72. The number of hydrogen-bond acceptors (Lipinski definition) is 6. The number of pyridine rings is 1. The number of methoxy groups -OCH3 is 1. The molecule has 1 aromatic carbocycles. The number of amides is 2. The molecular formula is C23H25N5O4. The van der Waals surface area contributed by atoms with Crippen LogP contribution in [0.4, 0.5) is 0 Å². The Bertz CT molecular complexity index is 1190. The van der Waals surface area contributed by atoms with Gasteiger partial charge in [0.2, 0.25) is 5.91 Å². The van der Waals surface area contributed by atoms with Crippen molar-refractivity contribution in [1.29, 1.82) is 0 Å². The number of benzene rings is 1. The van der Waals surface area contributed by atoms with Crippen LogP contribution < -0.4 is 11.0 Å². The van der Waals surface area contributed by atoms with Gasteiger partial charge in [-0.05, 0) is 24.6 Å². The highest BCUT2D eigenvalue weighted by Gasteiger charge is 2.29. The molecule has 1 fully saturated rings. The van der Waals surface area contributed by atoms with Crippen LogP contribution in [0.5, 0.6) is 0 Å². The van der Waals surface area contributed by atoms with Crippen molar-refractivity contribution in [1.82, 2.24) is 24.8 Å². The van der Waals surface area contributed by atoms with Crippen LogP contribution in [0.1, 0.15) is 28.4 Å². The van der Waals surface area contributed by atoms with Crippen molar-refractivity contribution < 1.29 is 14.3 Å². The van der Waals surface area contributed by atoms with Crippen molar-refractivity contribution >= 4 is 22.7 Å². The maximum absolute atomic E-state index is 12.8. The van der Waals surface area contributed by atoms with E-state index in [1.807, 2.05) is 30.3 Å². The number of carbonyl (C=O) groups excluding carboxylic acids is 2. The molecule has 0 spiro atoms. The number of likely N-dealkylation sites (tertiary alicyclic amines) is 1. The van der Waals surface area contributed by atoms with Gasteiger partial charge >= 0.3 is 5.69 Å². The Morgan fingerprint density at radius 1 is 1.25 bits per heavy atom. The lowest BCUT2D eigenvalue weighted by Gasteiger charge is -2.18. The lowest BCUT2D eigenvalue weighted by Crippen LogP contribution is -2.35. The number of aromatic nitrogens is 3. The molecule has 4 rings (SSSR count). The molecule has 2 aromatic heterocycles. The van der Waals surface area contributed by atoms with Gasteiger partial charge in [0.05, 0.1) is 17.7 Å². The number of ether oxygens (including phenoxy) is 1. The number of nitrogens with one attached hydrogen (secondary N) is 1. The van der Waals surface area contributed by atoms with Crippen molar-refractivity contribution in [2.45, 2.75) is 18.9 Å². The summed E-state index contributed by atoms with van der Waals surface area (Å²) in [6, 6.07) is 11.0. The van der Waals surface area contributed by atoms with E-state index in [2.05, 4.69) is 10.3 Å². The Morgan fingerprint density at radius 3 is 2.91 bits per heavy atom. The van der Waals surface area contributed by atoms with Crippen molar-refractivity contribution in [3.63, 3.8) is 0 Å². The minimum atomic E-state index is -0.447. The van der Waals surface area contributed by atoms with E-state index >= 15 is 0 Å². The third-order valence-electron chi connectivity index (χ3n) is 5.62. The second kappa shape index (κ2) is 9.69. The fourth-order valence-corrected chi connectivity index (χ4v) is 3.94. The third-order valence-corrected chi connectivity index (χ3v) is 5.62. The molecule has 3 aromatic rings. The Hall–Kier alpha value is -3.59. The van der Waals surface area contributed by atoms with Crippen molar-refractivity contribution in [3.8, 4) is 0 Å². The molecule has 2 amide bonds. The molecule has 0 bridgehead atoms. The molecule has 0 aliphatic carbocycles. The normalized spacial score (nSPS) is 15.8. The minimum absolute atomic E-state index is 0.0136. The third kappa shape index (κ3) is 4.67. The first kappa shape index (κ1) is 21.6. The highest BCUT2D eigenvalue weighted by Crippen LogP contribution is 2.29. The van der Waals surface area contributed by atoms with Gasteiger partial charge in [-0.25, -0.2) is 9.78 Å². The van der Waals surface area contributed by atoms with Crippen LogP contribution >= 0.6 is 0 Å². The Labute approximate surface area is 185 Å². The standard InChI is InChI=1S/C23H25N5O4/c1-32-12-9-24-22(30)18-13-20(26-19-6-3-2-5-17(18)19)16-7-11-27(14-16)21(29)15-28-10-4-8-25-23(28)31/h2-6,8,10,13,16H,7,9,11-12,14-15H2,1H3,(H,24,30)/t16-/m0/s1. The topological polar surface area (TPSA) is 106 Å². The van der Waals surface area contributed by atoms with Crippen LogP contribution in [-0.4, -0.2) is 64.6 Å². The number of rotatable bonds is 7. The molecule has 9 nitrogen and oxygen atoms in total. The Morgan fingerprint density at radius 2 is 2.09 bits per heavy atom. The van der Waals surface area contributed by atoms with E-state index in [-0.39, 0.29) is 24.3 Å². The van der Waals surface area contributed by atoms with Gasteiger partial charge in [0, 0.05) is 56.1 Å². The highest BCUT2D eigenvalue weighted by molar-refractivity contribution is 6.06. The highest BCUT2D eigenvalue weighted by atomic mass is 16.5. The predicted octanol–water partition coefficient (Wildman–Crippen LogP) is 1.18. The summed E-state index contributed by atoms with van der Waals surface area (Å²) in [5.41, 5.74) is 1.65. The zero-order valence-corrected chi connectivity index (χ0v) is 17.9. The first-order valence-electron chi connectivity index (χ1n) is 10.5. The predicted molar refractivity (Wildman–Crippen MR) is 118 cm³/mol. The Balaban J connectivity index is 1.53. The molecule has 1 N–H and O–H groups in total. The lowest BCUT2D eigenvalue weighted by atomic mass is 9.99. The van der Waals surface area contributed by atoms with Gasteiger partial charge in [-0.15, -0.1) is 0 Å². The average molecular weight is 435 g/mol. The Kier molecular flexibility index (Phi) is 6.55. The van der Waals surface area contributed by atoms with Crippen LogP contribution in [0.3, 0.4) is 0 Å². The van der Waals surface area contributed by atoms with E-state index in [1.54, 1.807) is 24.3 Å². The molecule has 0 saturated carbocycles. The van der Waals surface area contributed by atoms with Gasteiger partial charge in [0.1, 0.15) is 6.54 Å². The number of fused-ring (bicyclic) bond motifs is 1. The molecular weight excluding hydrogens is 410 g/mol. The van der Waals surface area contributed by atoms with Crippen LogP contribution in [0.15, 0.2) is 53.6 Å². The van der Waals surface area contributed by atoms with E-state index in [1.165, 1.54) is 10.8 Å². The summed E-state index contributed by atoms with van der Waals surface area (Å²) in [5.74, 6) is -0.301. The van der Waals surface area contributed by atoms with Crippen molar-refractivity contribution in [3.05, 3.63) is 70.5 Å². The van der Waals surface area contributed by atoms with Crippen molar-refractivity contribution in [2.75, 3.05) is 33.4 Å². The molecule has 166 valence electrons. The number of nitrogens with zero attached hydrogens (tertiary/aromatic N) is 4. The fraction of sp³-hybridized carbons (Fsp3) is 0.348. The van der Waals surface area contributed by atoms with Crippen LogP contribution in [0.25, 0.3) is 10.9 Å². The number of carbonyl (C=O) groups is 2. The largest absolute Gasteiger partial charge is 0.383 e. The van der Waals surface area contributed by atoms with E-state index in [4.69, 9.17) is 9.72 Å². The van der Waals surface area contributed by atoms with Gasteiger partial charge in [0.25, 0.3) is 5.91 Å². The summed E-state index contributed by atoms with van der Waals surface area (Å²) < 4.78 is 6.31. The lowest BCUT2D eigenvalue weighted by molar-refractivity contribution is -0.130. The summed E-state index contributed by atoms with van der Waals surface area (Å²) in [6.45, 7) is 1.87. The zero-order chi connectivity index (χ0) is 22.5. The monoisotopic (exact) mass is 435 g/mol. The van der Waals surface area contributed by atoms with E-state index in [0.29, 0.717) is 31.8 Å². The average Bonchev–Trinajstić information content (AvgIpc) is 3.30. The van der Waals surface area contributed by atoms with Crippen LogP contribution in [0.2, 0.25) is 0 Å². The van der Waals surface area contributed by atoms with Gasteiger partial charge in [0.15, 0.2) is 0 Å². The molecule has 1 aliphatic heterocycles. The molecule has 0 unspecified atom stereocenters. The summed E-state index contributed by atoms with van der Waals surface area (Å²) in [6.07, 6.45) is 3.70. The molecule has 1 aliphatic rings. The number of para-hydroxylation sites is 1. The smallest absolute Gasteiger partial charge is 0.347 e. The number of hydrogen-bond donors (Lipinski definition) is 1. The first-order valence-corrected chi connectivity index (χ1v) is 10.5. The summed E-state index contributed by atoms with van der Waals surface area (Å²) in [5, 5.41) is 3.66. The molecule has 1 saturated heterocycles. The quantitative estimate of drug-likeness (QED) is 0.559. The van der Waals surface area contributed by atoms with E-state index < -0.39 is 5.69 Å². The SMILES string of the molecule is COCCNC(=O)c1cc([C@H]2CCN(C(=O)Cn3cccnc3=O)C2)nc2ccccc12. The van der Waals surface area contributed by atoms with E-state index in [0.717, 1.165) is 23.0 Å². The fourth-order valence-electron chi connectivity index (χ4n) is 3.94. The maximum atomic E-state index is 12.8. The molecule has 0 radical (unpaired) electrons. The summed E-state index contributed by atoms with van der Waals surface area (Å²) in [4.78, 5) is 47.5. The molecule has 3 heterocycles. The molecule has 1 atom stereocenters. The van der Waals surface area contributed by atoms with Crippen LogP contribution in [0, 0.1) is 0 Å². The molecule has 9 heteroatoms. The maximum Gasteiger partial charge on any atom is 0.347 e. The van der Waals surface area contributed by atoms with Crippen molar-refractivity contribution in [2.24, 2.45) is 0 Å². The van der Waals surface area contributed by atoms with E-state index in [9.17, 15) is 14.4 Å². The second-order valence-corrected chi connectivity index (χ2v) is 7.72. The van der Waals surface area contributed by atoms with Gasteiger partial charge in [-0.1, -0.05) is 18.2 Å². The molecule has 32 heavy (non-hydrogen) atoms.